The van der Waals surface area contributed by atoms with Crippen molar-refractivity contribution < 1.29 is 14.3 Å². The zero-order valence-electron chi connectivity index (χ0n) is 11.3. The summed E-state index contributed by atoms with van der Waals surface area (Å²) < 4.78 is 4.84. The summed E-state index contributed by atoms with van der Waals surface area (Å²) in [6, 6.07) is 1.46. The first-order valence-corrected chi connectivity index (χ1v) is 6.90. The SMILES string of the molecule is CC(C)CCC(=O)OCC(=O)Nc1ncc(Cl)cc1Cl. The second-order valence-electron chi connectivity index (χ2n) is 4.63. The molecule has 0 bridgehead atoms. The van der Waals surface area contributed by atoms with Crippen LogP contribution in [0.2, 0.25) is 10.0 Å². The highest BCUT2D eigenvalue weighted by Crippen LogP contribution is 2.22. The lowest BCUT2D eigenvalue weighted by molar-refractivity contribution is -0.147. The van der Waals surface area contributed by atoms with Gasteiger partial charge in [-0.3, -0.25) is 9.59 Å². The fourth-order valence-electron chi connectivity index (χ4n) is 1.30. The molecule has 5 nitrogen and oxygen atoms in total. The molecule has 0 saturated heterocycles. The third-order valence-corrected chi connectivity index (χ3v) is 2.85. The number of carbonyl (C=O) groups excluding carboxylic acids is 2. The van der Waals surface area contributed by atoms with Crippen molar-refractivity contribution in [1.82, 2.24) is 4.98 Å². The zero-order chi connectivity index (χ0) is 15.1. The largest absolute Gasteiger partial charge is 0.456 e. The Labute approximate surface area is 127 Å². The van der Waals surface area contributed by atoms with Crippen molar-refractivity contribution in [2.75, 3.05) is 11.9 Å². The van der Waals surface area contributed by atoms with Gasteiger partial charge in [-0.25, -0.2) is 4.98 Å². The summed E-state index contributed by atoms with van der Waals surface area (Å²) >= 11 is 11.5. The molecule has 0 aliphatic carbocycles. The minimum Gasteiger partial charge on any atom is -0.456 e. The number of halogens is 2. The molecule has 1 heterocycles. The van der Waals surface area contributed by atoms with Gasteiger partial charge in [0.15, 0.2) is 12.4 Å². The number of rotatable bonds is 6. The summed E-state index contributed by atoms with van der Waals surface area (Å²) in [5.74, 6) is -0.309. The van der Waals surface area contributed by atoms with Gasteiger partial charge in [0.05, 0.1) is 10.0 Å². The molecule has 0 aromatic carbocycles. The molecule has 0 saturated carbocycles. The van der Waals surface area contributed by atoms with Gasteiger partial charge in [0.1, 0.15) is 0 Å². The second-order valence-corrected chi connectivity index (χ2v) is 5.47. The summed E-state index contributed by atoms with van der Waals surface area (Å²) in [4.78, 5) is 26.8. The normalized spacial score (nSPS) is 10.4. The minimum absolute atomic E-state index is 0.180. The first-order chi connectivity index (χ1) is 9.38. The highest BCUT2D eigenvalue weighted by molar-refractivity contribution is 6.36. The molecule has 1 aromatic rings. The van der Waals surface area contributed by atoms with Gasteiger partial charge in [0.25, 0.3) is 5.91 Å². The number of ether oxygens (including phenoxy) is 1. The summed E-state index contributed by atoms with van der Waals surface area (Å²) in [6.45, 7) is 3.65. The van der Waals surface area contributed by atoms with E-state index < -0.39 is 11.9 Å². The number of hydrogen-bond acceptors (Lipinski definition) is 4. The van der Waals surface area contributed by atoms with Crippen LogP contribution in [-0.4, -0.2) is 23.5 Å². The average molecular weight is 319 g/mol. The van der Waals surface area contributed by atoms with Crippen LogP contribution >= 0.6 is 23.2 Å². The number of nitrogens with one attached hydrogen (secondary N) is 1. The van der Waals surface area contributed by atoms with E-state index in [0.29, 0.717) is 17.4 Å². The highest BCUT2D eigenvalue weighted by Gasteiger charge is 2.11. The Morgan fingerprint density at radius 3 is 2.70 bits per heavy atom. The molecule has 1 rings (SSSR count). The average Bonchev–Trinajstić information content (AvgIpc) is 2.37. The quantitative estimate of drug-likeness (QED) is 0.817. The molecule has 0 radical (unpaired) electrons. The van der Waals surface area contributed by atoms with Gasteiger partial charge >= 0.3 is 5.97 Å². The minimum atomic E-state index is -0.500. The maximum absolute atomic E-state index is 11.6. The maximum Gasteiger partial charge on any atom is 0.306 e. The zero-order valence-corrected chi connectivity index (χ0v) is 12.8. The van der Waals surface area contributed by atoms with Gasteiger partial charge in [-0.05, 0) is 18.4 Å². The first kappa shape index (κ1) is 16.7. The smallest absolute Gasteiger partial charge is 0.306 e. The van der Waals surface area contributed by atoms with Gasteiger partial charge in [-0.1, -0.05) is 37.0 Å². The van der Waals surface area contributed by atoms with Crippen LogP contribution in [-0.2, 0) is 14.3 Å². The Balaban J connectivity index is 2.38. The first-order valence-electron chi connectivity index (χ1n) is 6.15. The molecule has 0 aliphatic rings. The highest BCUT2D eigenvalue weighted by atomic mass is 35.5. The van der Waals surface area contributed by atoms with Crippen LogP contribution in [0.15, 0.2) is 12.3 Å². The lowest BCUT2D eigenvalue weighted by Crippen LogP contribution is -2.21. The summed E-state index contributed by atoms with van der Waals surface area (Å²) in [7, 11) is 0. The molecule has 1 aromatic heterocycles. The van der Waals surface area contributed by atoms with Crippen molar-refractivity contribution in [2.24, 2.45) is 5.92 Å². The van der Waals surface area contributed by atoms with E-state index in [9.17, 15) is 9.59 Å². The van der Waals surface area contributed by atoms with E-state index in [1.165, 1.54) is 12.3 Å². The number of anilines is 1. The van der Waals surface area contributed by atoms with Crippen LogP contribution < -0.4 is 5.32 Å². The van der Waals surface area contributed by atoms with Crippen molar-refractivity contribution in [3.63, 3.8) is 0 Å². The topological polar surface area (TPSA) is 68.3 Å². The summed E-state index contributed by atoms with van der Waals surface area (Å²) in [5.41, 5.74) is 0. The van der Waals surface area contributed by atoms with Crippen LogP contribution in [0.1, 0.15) is 26.7 Å². The van der Waals surface area contributed by atoms with Crippen LogP contribution in [0.3, 0.4) is 0 Å². The van der Waals surface area contributed by atoms with Gasteiger partial charge in [0.2, 0.25) is 0 Å². The van der Waals surface area contributed by atoms with E-state index in [4.69, 9.17) is 27.9 Å². The lowest BCUT2D eigenvalue weighted by Gasteiger charge is -2.08. The monoisotopic (exact) mass is 318 g/mol. The summed E-state index contributed by atoms with van der Waals surface area (Å²) in [6.07, 6.45) is 2.38. The molecule has 110 valence electrons. The number of carbonyl (C=O) groups is 2. The van der Waals surface area contributed by atoms with Gasteiger partial charge in [-0.2, -0.15) is 0 Å². The third-order valence-electron chi connectivity index (χ3n) is 2.36. The second kappa shape index (κ2) is 8.07. The molecule has 1 N–H and O–H groups in total. The van der Waals surface area contributed by atoms with Crippen LogP contribution in [0.4, 0.5) is 5.82 Å². The Kier molecular flexibility index (Phi) is 6.75. The van der Waals surface area contributed by atoms with Gasteiger partial charge in [-0.15, -0.1) is 0 Å². The van der Waals surface area contributed by atoms with Crippen LogP contribution in [0, 0.1) is 5.92 Å². The van der Waals surface area contributed by atoms with Crippen LogP contribution in [0.5, 0.6) is 0 Å². The van der Waals surface area contributed by atoms with Crippen molar-refractivity contribution >= 4 is 40.9 Å². The molecule has 0 unspecified atom stereocenters. The number of hydrogen-bond donors (Lipinski definition) is 1. The van der Waals surface area contributed by atoms with Crippen molar-refractivity contribution in [3.05, 3.63) is 22.3 Å². The maximum atomic E-state index is 11.6. The number of nitrogens with zero attached hydrogens (tertiary/aromatic N) is 1. The standard InChI is InChI=1S/C13H16Cl2N2O3/c1-8(2)3-4-12(19)20-7-11(18)17-13-10(15)5-9(14)6-16-13/h5-6,8H,3-4,7H2,1-2H3,(H,16,17,18). The van der Waals surface area contributed by atoms with E-state index in [2.05, 4.69) is 10.3 Å². The molecular formula is C13H16Cl2N2O3. The Hall–Kier alpha value is -1.33. The third kappa shape index (κ3) is 6.21. The van der Waals surface area contributed by atoms with Crippen molar-refractivity contribution in [2.45, 2.75) is 26.7 Å². The molecular weight excluding hydrogens is 303 g/mol. The molecule has 1 amide bonds. The predicted molar refractivity (Wildman–Crippen MR) is 77.9 cm³/mol. The van der Waals surface area contributed by atoms with E-state index in [1.807, 2.05) is 13.8 Å². The molecule has 0 aliphatic heterocycles. The summed E-state index contributed by atoms with van der Waals surface area (Å²) in [5, 5.41) is 3.03. The Morgan fingerprint density at radius 2 is 2.10 bits per heavy atom. The Morgan fingerprint density at radius 1 is 1.40 bits per heavy atom. The van der Waals surface area contributed by atoms with Crippen LogP contribution in [0.25, 0.3) is 0 Å². The van der Waals surface area contributed by atoms with E-state index in [1.54, 1.807) is 0 Å². The number of esters is 1. The fourth-order valence-corrected chi connectivity index (χ4v) is 1.73. The number of amides is 1. The van der Waals surface area contributed by atoms with E-state index in [0.717, 1.165) is 6.42 Å². The number of aromatic nitrogens is 1. The predicted octanol–water partition coefficient (Wildman–Crippen LogP) is 3.31. The number of pyridine rings is 1. The van der Waals surface area contributed by atoms with Gasteiger partial charge < -0.3 is 10.1 Å². The molecule has 20 heavy (non-hydrogen) atoms. The van der Waals surface area contributed by atoms with Crippen molar-refractivity contribution in [1.29, 1.82) is 0 Å². The lowest BCUT2D eigenvalue weighted by atomic mass is 10.1. The van der Waals surface area contributed by atoms with E-state index in [-0.39, 0.29) is 17.4 Å². The Bertz CT molecular complexity index is 493. The fraction of sp³-hybridized carbons (Fsp3) is 0.462. The van der Waals surface area contributed by atoms with E-state index >= 15 is 0 Å². The molecule has 0 fully saturated rings. The van der Waals surface area contributed by atoms with Crippen molar-refractivity contribution in [3.8, 4) is 0 Å². The molecule has 7 heteroatoms. The molecule has 0 spiro atoms. The molecule has 0 atom stereocenters. The van der Waals surface area contributed by atoms with Gasteiger partial charge in [0, 0.05) is 12.6 Å².